The molecule has 0 atom stereocenters. The quantitative estimate of drug-likeness (QED) is 0.704. The van der Waals surface area contributed by atoms with Crippen LogP contribution in [0.3, 0.4) is 0 Å². The first kappa shape index (κ1) is 14.4. The molecule has 110 valence electrons. The summed E-state index contributed by atoms with van der Waals surface area (Å²) in [5.74, 6) is 0.846. The minimum absolute atomic E-state index is 0.0323. The highest BCUT2D eigenvalue weighted by Crippen LogP contribution is 2.31. The van der Waals surface area contributed by atoms with Crippen LogP contribution in [0.15, 0.2) is 35.7 Å². The summed E-state index contributed by atoms with van der Waals surface area (Å²) in [6, 6.07) is 10.3. The number of imidazole rings is 1. The molecule has 5 heteroatoms. The molecule has 1 aromatic carbocycles. The molecule has 0 radical (unpaired) electrons. The highest BCUT2D eigenvalue weighted by Gasteiger charge is 2.23. The Morgan fingerprint density at radius 2 is 2.14 bits per heavy atom. The average Bonchev–Trinajstić information content (AvgIpc) is 3.08. The van der Waals surface area contributed by atoms with E-state index in [2.05, 4.69) is 40.9 Å². The van der Waals surface area contributed by atoms with Crippen molar-refractivity contribution < 1.29 is 4.74 Å². The first-order chi connectivity index (χ1) is 10.0. The first-order valence-corrected chi connectivity index (χ1v) is 8.10. The van der Waals surface area contributed by atoms with E-state index in [1.54, 1.807) is 18.4 Å². The molecule has 0 fully saturated rings. The van der Waals surface area contributed by atoms with Gasteiger partial charge < -0.3 is 14.3 Å². The Morgan fingerprint density at radius 3 is 2.81 bits per heavy atom. The van der Waals surface area contributed by atoms with E-state index < -0.39 is 0 Å². The third-order valence-corrected chi connectivity index (χ3v) is 5.28. The molecule has 0 amide bonds. The van der Waals surface area contributed by atoms with Crippen LogP contribution in [0.2, 0.25) is 0 Å². The lowest BCUT2D eigenvalue weighted by atomic mass is 9.91. The topological polar surface area (TPSA) is 29.9 Å². The summed E-state index contributed by atoms with van der Waals surface area (Å²) >= 11 is 7.29. The van der Waals surface area contributed by atoms with Gasteiger partial charge in [-0.1, -0.05) is 19.9 Å². The summed E-state index contributed by atoms with van der Waals surface area (Å²) in [6.07, 6.45) is 0. The first-order valence-electron chi connectivity index (χ1n) is 6.82. The number of thiophene rings is 1. The van der Waals surface area contributed by atoms with E-state index in [0.717, 1.165) is 28.1 Å². The fourth-order valence-corrected chi connectivity index (χ4v) is 3.67. The van der Waals surface area contributed by atoms with Crippen LogP contribution >= 0.6 is 23.6 Å². The van der Waals surface area contributed by atoms with Crippen molar-refractivity contribution in [3.8, 4) is 5.75 Å². The molecule has 0 saturated carbocycles. The highest BCUT2D eigenvalue weighted by molar-refractivity contribution is 7.71. The Balaban J connectivity index is 2.08. The van der Waals surface area contributed by atoms with Crippen LogP contribution in [0.25, 0.3) is 11.0 Å². The van der Waals surface area contributed by atoms with Gasteiger partial charge >= 0.3 is 0 Å². The molecule has 1 N–H and O–H groups in total. The monoisotopic (exact) mass is 318 g/mol. The van der Waals surface area contributed by atoms with Crippen molar-refractivity contribution in [1.82, 2.24) is 9.55 Å². The summed E-state index contributed by atoms with van der Waals surface area (Å²) in [6.45, 7) is 5.33. The number of nitrogens with zero attached hydrogens (tertiary/aromatic N) is 1. The lowest BCUT2D eigenvalue weighted by Crippen LogP contribution is -2.23. The zero-order valence-electron chi connectivity index (χ0n) is 12.3. The predicted molar refractivity (Wildman–Crippen MR) is 91.0 cm³/mol. The largest absolute Gasteiger partial charge is 0.497 e. The second-order valence-electron chi connectivity index (χ2n) is 5.76. The molecule has 0 saturated heterocycles. The summed E-state index contributed by atoms with van der Waals surface area (Å²) in [5, 5.41) is 2.12. The summed E-state index contributed by atoms with van der Waals surface area (Å²) < 4.78 is 8.24. The van der Waals surface area contributed by atoms with Gasteiger partial charge in [-0.15, -0.1) is 11.3 Å². The molecule has 2 heterocycles. The van der Waals surface area contributed by atoms with Gasteiger partial charge in [-0.05, 0) is 35.8 Å². The van der Waals surface area contributed by atoms with E-state index in [0.29, 0.717) is 0 Å². The molecule has 0 bridgehead atoms. The number of ether oxygens (including phenoxy) is 1. The molecule has 3 rings (SSSR count). The SMILES string of the molecule is COc1ccc2[nH]c(=S)n(CC(C)(C)c3cccs3)c2c1. The molecule has 0 aliphatic heterocycles. The molecule has 0 spiro atoms. The summed E-state index contributed by atoms with van der Waals surface area (Å²) in [5.41, 5.74) is 2.16. The number of hydrogen-bond acceptors (Lipinski definition) is 3. The third-order valence-electron chi connectivity index (χ3n) is 3.72. The van der Waals surface area contributed by atoms with Gasteiger partial charge in [0, 0.05) is 22.9 Å². The summed E-state index contributed by atoms with van der Waals surface area (Å²) in [7, 11) is 1.68. The number of aromatic amines is 1. The standard InChI is InChI=1S/C16H18N2OS2/c1-16(2,14-5-4-8-21-14)10-18-13-9-11(19-3)6-7-12(13)17-15(18)20/h4-9H,10H2,1-3H3,(H,17,20). The Hall–Kier alpha value is -1.59. The normalized spacial score (nSPS) is 12.0. The molecule has 3 aromatic rings. The molecular formula is C16H18N2OS2. The van der Waals surface area contributed by atoms with Crippen LogP contribution < -0.4 is 4.74 Å². The number of nitrogens with one attached hydrogen (secondary N) is 1. The van der Waals surface area contributed by atoms with Crippen LogP contribution in [-0.4, -0.2) is 16.7 Å². The molecule has 0 unspecified atom stereocenters. The predicted octanol–water partition coefficient (Wildman–Crippen LogP) is 4.75. The van der Waals surface area contributed by atoms with Gasteiger partial charge in [0.05, 0.1) is 18.1 Å². The van der Waals surface area contributed by atoms with Gasteiger partial charge in [0.25, 0.3) is 0 Å². The van der Waals surface area contributed by atoms with Crippen molar-refractivity contribution in [2.75, 3.05) is 7.11 Å². The van der Waals surface area contributed by atoms with Crippen LogP contribution in [0.4, 0.5) is 0 Å². The molecular weight excluding hydrogens is 300 g/mol. The Bertz CT molecular complexity index is 813. The second kappa shape index (κ2) is 5.31. The average molecular weight is 318 g/mol. The second-order valence-corrected chi connectivity index (χ2v) is 7.09. The fraction of sp³-hybridized carbons (Fsp3) is 0.312. The third kappa shape index (κ3) is 2.63. The van der Waals surface area contributed by atoms with Crippen molar-refractivity contribution in [2.45, 2.75) is 25.8 Å². The highest BCUT2D eigenvalue weighted by atomic mass is 32.1. The zero-order valence-corrected chi connectivity index (χ0v) is 14.0. The molecule has 3 nitrogen and oxygen atoms in total. The molecule has 0 aliphatic carbocycles. The van der Waals surface area contributed by atoms with Crippen molar-refractivity contribution in [3.05, 3.63) is 45.4 Å². The van der Waals surface area contributed by atoms with Gasteiger partial charge in [-0.25, -0.2) is 0 Å². The zero-order chi connectivity index (χ0) is 15.0. The van der Waals surface area contributed by atoms with Crippen LogP contribution in [0.1, 0.15) is 18.7 Å². The number of aromatic nitrogens is 2. The Kier molecular flexibility index (Phi) is 3.63. The van der Waals surface area contributed by atoms with Crippen molar-refractivity contribution in [1.29, 1.82) is 0 Å². The van der Waals surface area contributed by atoms with E-state index in [1.807, 2.05) is 18.2 Å². The number of H-pyrrole nitrogens is 1. The van der Waals surface area contributed by atoms with Crippen molar-refractivity contribution in [3.63, 3.8) is 0 Å². The van der Waals surface area contributed by atoms with E-state index in [-0.39, 0.29) is 5.41 Å². The van der Waals surface area contributed by atoms with Gasteiger partial charge in [0.15, 0.2) is 4.77 Å². The lowest BCUT2D eigenvalue weighted by molar-refractivity contribution is 0.414. The fourth-order valence-electron chi connectivity index (χ4n) is 2.55. The molecule has 2 aromatic heterocycles. The minimum Gasteiger partial charge on any atom is -0.497 e. The van der Waals surface area contributed by atoms with E-state index >= 15 is 0 Å². The van der Waals surface area contributed by atoms with Gasteiger partial charge in [-0.2, -0.15) is 0 Å². The summed E-state index contributed by atoms with van der Waals surface area (Å²) in [4.78, 5) is 4.63. The lowest BCUT2D eigenvalue weighted by Gasteiger charge is -2.24. The maximum atomic E-state index is 5.50. The smallest absolute Gasteiger partial charge is 0.178 e. The van der Waals surface area contributed by atoms with E-state index in [1.165, 1.54) is 4.88 Å². The number of benzene rings is 1. The Labute approximate surface area is 133 Å². The maximum Gasteiger partial charge on any atom is 0.178 e. The van der Waals surface area contributed by atoms with Gasteiger partial charge in [-0.3, -0.25) is 0 Å². The van der Waals surface area contributed by atoms with Crippen molar-refractivity contribution >= 4 is 34.6 Å². The Morgan fingerprint density at radius 1 is 1.33 bits per heavy atom. The number of methoxy groups -OCH3 is 1. The maximum absolute atomic E-state index is 5.50. The van der Waals surface area contributed by atoms with Gasteiger partial charge in [0.2, 0.25) is 0 Å². The van der Waals surface area contributed by atoms with E-state index in [9.17, 15) is 0 Å². The number of fused-ring (bicyclic) bond motifs is 1. The van der Waals surface area contributed by atoms with Gasteiger partial charge in [0.1, 0.15) is 5.75 Å². The minimum atomic E-state index is 0.0323. The van der Waals surface area contributed by atoms with Crippen LogP contribution in [0, 0.1) is 4.77 Å². The number of hydrogen-bond donors (Lipinski definition) is 1. The van der Waals surface area contributed by atoms with Crippen LogP contribution in [-0.2, 0) is 12.0 Å². The number of rotatable bonds is 4. The van der Waals surface area contributed by atoms with Crippen LogP contribution in [0.5, 0.6) is 5.75 Å². The van der Waals surface area contributed by atoms with E-state index in [4.69, 9.17) is 17.0 Å². The molecule has 21 heavy (non-hydrogen) atoms. The van der Waals surface area contributed by atoms with Crippen molar-refractivity contribution in [2.24, 2.45) is 0 Å². The molecule has 0 aliphatic rings.